The molecule has 1 aromatic heterocycles. The van der Waals surface area contributed by atoms with Crippen LogP contribution >= 0.6 is 11.8 Å². The number of ether oxygens (including phenoxy) is 1. The van der Waals surface area contributed by atoms with Crippen LogP contribution in [0.5, 0.6) is 5.75 Å². The number of nitrogens with zero attached hydrogens (tertiary/aromatic N) is 1. The molecule has 0 spiro atoms. The van der Waals surface area contributed by atoms with E-state index < -0.39 is 0 Å². The third kappa shape index (κ3) is 4.55. The zero-order valence-corrected chi connectivity index (χ0v) is 15.7. The molecule has 0 bridgehead atoms. The average molecular weight is 367 g/mol. The molecule has 26 heavy (non-hydrogen) atoms. The topological polar surface area (TPSA) is 52.3 Å². The lowest BCUT2D eigenvalue weighted by Crippen LogP contribution is -1.99. The first-order chi connectivity index (χ1) is 12.7. The number of benzene rings is 2. The number of oxazole rings is 1. The highest BCUT2D eigenvalue weighted by molar-refractivity contribution is 7.97. The van der Waals surface area contributed by atoms with Gasteiger partial charge in [0.15, 0.2) is 5.78 Å². The number of hydrogen-bond acceptors (Lipinski definition) is 5. The molecule has 2 aromatic carbocycles. The molecule has 0 fully saturated rings. The zero-order valence-electron chi connectivity index (χ0n) is 14.9. The van der Waals surface area contributed by atoms with Crippen molar-refractivity contribution in [3.63, 3.8) is 0 Å². The smallest absolute Gasteiger partial charge is 0.226 e. The summed E-state index contributed by atoms with van der Waals surface area (Å²) in [6.07, 6.45) is 1.70. The molecule has 0 aliphatic heterocycles. The van der Waals surface area contributed by atoms with Crippen LogP contribution in [-0.4, -0.2) is 17.4 Å². The van der Waals surface area contributed by atoms with Crippen LogP contribution in [0.15, 0.2) is 59.2 Å². The first-order valence-corrected chi connectivity index (χ1v) is 9.67. The molecule has 0 radical (unpaired) electrons. The summed E-state index contributed by atoms with van der Waals surface area (Å²) in [5.74, 6) is 2.99. The lowest BCUT2D eigenvalue weighted by molar-refractivity contribution is 0.101. The summed E-state index contributed by atoms with van der Waals surface area (Å²) in [6, 6.07) is 15.4. The molecule has 0 N–H and O–H groups in total. The van der Waals surface area contributed by atoms with Crippen molar-refractivity contribution in [2.45, 2.75) is 25.4 Å². The van der Waals surface area contributed by atoms with Gasteiger partial charge in [-0.05, 0) is 44.2 Å². The van der Waals surface area contributed by atoms with E-state index in [4.69, 9.17) is 9.15 Å². The van der Waals surface area contributed by atoms with E-state index in [9.17, 15) is 4.79 Å². The number of carbonyl (C=O) groups excluding carboxylic acids is 1. The van der Waals surface area contributed by atoms with Crippen molar-refractivity contribution >= 4 is 17.5 Å². The van der Waals surface area contributed by atoms with Crippen LogP contribution in [0.2, 0.25) is 0 Å². The summed E-state index contributed by atoms with van der Waals surface area (Å²) in [4.78, 5) is 16.2. The lowest BCUT2D eigenvalue weighted by Gasteiger charge is -2.11. The molecule has 1 heterocycles. The van der Waals surface area contributed by atoms with Gasteiger partial charge < -0.3 is 9.15 Å². The van der Waals surface area contributed by atoms with E-state index in [0.29, 0.717) is 18.1 Å². The molecular formula is C21H21NO3S. The Hall–Kier alpha value is -2.53. The molecule has 3 rings (SSSR count). The fourth-order valence-corrected chi connectivity index (χ4v) is 3.45. The van der Waals surface area contributed by atoms with Crippen molar-refractivity contribution < 1.29 is 13.9 Å². The third-order valence-electron chi connectivity index (χ3n) is 3.85. The highest BCUT2D eigenvalue weighted by Gasteiger charge is 2.10. The summed E-state index contributed by atoms with van der Waals surface area (Å²) in [7, 11) is 0. The maximum Gasteiger partial charge on any atom is 0.226 e. The van der Waals surface area contributed by atoms with E-state index in [1.165, 1.54) is 0 Å². The molecule has 0 unspecified atom stereocenters. The van der Waals surface area contributed by atoms with E-state index in [1.807, 2.05) is 55.5 Å². The van der Waals surface area contributed by atoms with Gasteiger partial charge in [0.05, 0.1) is 12.3 Å². The van der Waals surface area contributed by atoms with Gasteiger partial charge >= 0.3 is 0 Å². The number of hydrogen-bond donors (Lipinski definition) is 0. The van der Waals surface area contributed by atoms with Gasteiger partial charge in [-0.2, -0.15) is 11.8 Å². The normalized spacial score (nSPS) is 10.7. The fraction of sp³-hybridized carbons (Fsp3) is 0.238. The van der Waals surface area contributed by atoms with Gasteiger partial charge in [0.2, 0.25) is 5.89 Å². The van der Waals surface area contributed by atoms with E-state index in [1.54, 1.807) is 24.9 Å². The minimum Gasteiger partial charge on any atom is -0.494 e. The third-order valence-corrected chi connectivity index (χ3v) is 4.86. The highest BCUT2D eigenvalue weighted by Crippen LogP contribution is 2.27. The van der Waals surface area contributed by atoms with Crippen molar-refractivity contribution in [1.29, 1.82) is 0 Å². The van der Waals surface area contributed by atoms with Crippen molar-refractivity contribution in [2.75, 3.05) is 6.61 Å². The standard InChI is InChI=1S/C21H21NO3S/c1-3-24-20-10-9-17(15(2)23)11-18(20)13-26-14-19-12-25-21(22-19)16-7-5-4-6-8-16/h4-12H,3,13-14H2,1-2H3. The second kappa shape index (κ2) is 8.72. The minimum absolute atomic E-state index is 0.0586. The average Bonchev–Trinajstić information content (AvgIpc) is 3.13. The Morgan fingerprint density at radius 1 is 1.15 bits per heavy atom. The Morgan fingerprint density at radius 2 is 1.96 bits per heavy atom. The quantitative estimate of drug-likeness (QED) is 0.501. The summed E-state index contributed by atoms with van der Waals surface area (Å²) in [6.45, 7) is 4.13. The van der Waals surface area contributed by atoms with Gasteiger partial charge in [-0.25, -0.2) is 4.98 Å². The van der Waals surface area contributed by atoms with E-state index in [0.717, 1.165) is 34.1 Å². The molecule has 0 saturated heterocycles. The molecule has 0 saturated carbocycles. The summed E-state index contributed by atoms with van der Waals surface area (Å²) < 4.78 is 11.3. The molecule has 0 atom stereocenters. The number of aromatic nitrogens is 1. The zero-order chi connectivity index (χ0) is 18.4. The lowest BCUT2D eigenvalue weighted by atomic mass is 10.1. The molecule has 3 aromatic rings. The Kier molecular flexibility index (Phi) is 6.12. The van der Waals surface area contributed by atoms with Crippen molar-refractivity contribution in [1.82, 2.24) is 4.98 Å². The Balaban J connectivity index is 1.65. The van der Waals surface area contributed by atoms with E-state index >= 15 is 0 Å². The predicted octanol–water partition coefficient (Wildman–Crippen LogP) is 5.38. The molecule has 0 aliphatic rings. The van der Waals surface area contributed by atoms with Crippen molar-refractivity contribution in [3.05, 3.63) is 71.6 Å². The number of rotatable bonds is 8. The maximum atomic E-state index is 11.6. The van der Waals surface area contributed by atoms with Gasteiger partial charge in [0.25, 0.3) is 0 Å². The number of Topliss-reactive ketones (excluding diaryl/α,β-unsaturated/α-hetero) is 1. The van der Waals surface area contributed by atoms with Gasteiger partial charge in [0, 0.05) is 28.2 Å². The van der Waals surface area contributed by atoms with Gasteiger partial charge in [-0.3, -0.25) is 4.79 Å². The summed E-state index contributed by atoms with van der Waals surface area (Å²) in [5.41, 5.74) is 3.60. The van der Waals surface area contributed by atoms with Crippen LogP contribution in [0, 0.1) is 0 Å². The first kappa shape index (κ1) is 18.3. The Bertz CT molecular complexity index is 874. The molecule has 4 nitrogen and oxygen atoms in total. The van der Waals surface area contributed by atoms with Gasteiger partial charge in [-0.15, -0.1) is 0 Å². The largest absolute Gasteiger partial charge is 0.494 e. The number of ketones is 1. The Morgan fingerprint density at radius 3 is 2.69 bits per heavy atom. The SMILES string of the molecule is CCOc1ccc(C(C)=O)cc1CSCc1coc(-c2ccccc2)n1. The fourth-order valence-electron chi connectivity index (χ4n) is 2.56. The van der Waals surface area contributed by atoms with Crippen LogP contribution in [0.3, 0.4) is 0 Å². The molecule has 5 heteroatoms. The van der Waals surface area contributed by atoms with Crippen LogP contribution in [0.25, 0.3) is 11.5 Å². The molecule has 0 aliphatic carbocycles. The van der Waals surface area contributed by atoms with E-state index in [2.05, 4.69) is 4.98 Å². The molecule has 0 amide bonds. The number of carbonyl (C=O) groups is 1. The van der Waals surface area contributed by atoms with Crippen LogP contribution in [0.4, 0.5) is 0 Å². The van der Waals surface area contributed by atoms with Crippen molar-refractivity contribution in [2.24, 2.45) is 0 Å². The van der Waals surface area contributed by atoms with Crippen molar-refractivity contribution in [3.8, 4) is 17.2 Å². The second-order valence-electron chi connectivity index (χ2n) is 5.81. The van der Waals surface area contributed by atoms with Crippen LogP contribution in [-0.2, 0) is 11.5 Å². The monoisotopic (exact) mass is 367 g/mol. The van der Waals surface area contributed by atoms with E-state index in [-0.39, 0.29) is 5.78 Å². The predicted molar refractivity (Wildman–Crippen MR) is 105 cm³/mol. The number of thioether (sulfide) groups is 1. The van der Waals surface area contributed by atoms with Gasteiger partial charge in [-0.1, -0.05) is 18.2 Å². The maximum absolute atomic E-state index is 11.6. The molecular weight excluding hydrogens is 346 g/mol. The minimum atomic E-state index is 0.0586. The van der Waals surface area contributed by atoms with Crippen LogP contribution < -0.4 is 4.74 Å². The van der Waals surface area contributed by atoms with Gasteiger partial charge in [0.1, 0.15) is 12.0 Å². The van der Waals surface area contributed by atoms with Crippen LogP contribution in [0.1, 0.15) is 35.5 Å². The second-order valence-corrected chi connectivity index (χ2v) is 6.80. The molecule has 134 valence electrons. The Labute approximate surface area is 157 Å². The first-order valence-electron chi connectivity index (χ1n) is 8.51. The summed E-state index contributed by atoms with van der Waals surface area (Å²) >= 11 is 1.71. The summed E-state index contributed by atoms with van der Waals surface area (Å²) in [5, 5.41) is 0. The highest BCUT2D eigenvalue weighted by atomic mass is 32.2.